The van der Waals surface area contributed by atoms with E-state index in [1.54, 1.807) is 9.80 Å². The summed E-state index contributed by atoms with van der Waals surface area (Å²) in [5.41, 5.74) is -0.487. The molecule has 0 bridgehead atoms. The maximum absolute atomic E-state index is 12.6. The second-order valence-electron chi connectivity index (χ2n) is 9.59. The molecule has 2 aliphatic heterocycles. The Morgan fingerprint density at radius 2 is 1.71 bits per heavy atom. The number of nitrogens with zero attached hydrogens (tertiary/aromatic N) is 2. The number of aliphatic carboxylic acids is 1. The van der Waals surface area contributed by atoms with Crippen molar-refractivity contribution >= 4 is 23.9 Å². The molecule has 176 valence electrons. The van der Waals surface area contributed by atoms with E-state index < -0.39 is 18.1 Å². The molecule has 0 aromatic carbocycles. The van der Waals surface area contributed by atoms with E-state index in [1.807, 2.05) is 20.8 Å². The summed E-state index contributed by atoms with van der Waals surface area (Å²) in [6.07, 6.45) is 5.20. The van der Waals surface area contributed by atoms with Gasteiger partial charge < -0.3 is 25.0 Å². The van der Waals surface area contributed by atoms with E-state index in [2.05, 4.69) is 5.32 Å². The number of carbonyl (C=O) groups excluding carboxylic acids is 3. The SMILES string of the molecule is CC(C)(C)OC(=O)N1CCC(CCCC(=O)N2CCCC(C(=O)NCC(=O)O)C2)CC1. The van der Waals surface area contributed by atoms with Gasteiger partial charge in [0.2, 0.25) is 11.8 Å². The summed E-state index contributed by atoms with van der Waals surface area (Å²) in [6, 6.07) is 0. The molecule has 9 nitrogen and oxygen atoms in total. The lowest BCUT2D eigenvalue weighted by molar-refractivity contribution is -0.140. The van der Waals surface area contributed by atoms with Crippen LogP contribution in [-0.4, -0.2) is 77.1 Å². The minimum Gasteiger partial charge on any atom is -0.480 e. The van der Waals surface area contributed by atoms with Crippen LogP contribution in [0.25, 0.3) is 0 Å². The Labute approximate surface area is 184 Å². The number of piperidine rings is 2. The third-order valence-electron chi connectivity index (χ3n) is 5.83. The molecule has 0 aromatic rings. The first-order valence-electron chi connectivity index (χ1n) is 11.3. The number of ether oxygens (including phenoxy) is 1. The van der Waals surface area contributed by atoms with Crippen molar-refractivity contribution in [3.63, 3.8) is 0 Å². The number of nitrogens with one attached hydrogen (secondary N) is 1. The van der Waals surface area contributed by atoms with Gasteiger partial charge in [-0.15, -0.1) is 0 Å². The highest BCUT2D eigenvalue weighted by molar-refractivity contribution is 5.84. The summed E-state index contributed by atoms with van der Waals surface area (Å²) in [7, 11) is 0. The minimum absolute atomic E-state index is 0.0573. The lowest BCUT2D eigenvalue weighted by Crippen LogP contribution is -2.46. The molecule has 3 amide bonds. The fourth-order valence-corrected chi connectivity index (χ4v) is 4.16. The zero-order valence-corrected chi connectivity index (χ0v) is 19.0. The molecule has 2 saturated heterocycles. The molecule has 2 fully saturated rings. The van der Waals surface area contributed by atoms with Crippen molar-refractivity contribution in [3.8, 4) is 0 Å². The summed E-state index contributed by atoms with van der Waals surface area (Å²) in [6.45, 7) is 7.58. The summed E-state index contributed by atoms with van der Waals surface area (Å²) < 4.78 is 5.42. The minimum atomic E-state index is -1.07. The van der Waals surface area contributed by atoms with Gasteiger partial charge in [-0.3, -0.25) is 14.4 Å². The lowest BCUT2D eigenvalue weighted by Gasteiger charge is -2.34. The molecule has 0 aliphatic carbocycles. The average Bonchev–Trinajstić information content (AvgIpc) is 2.71. The number of amides is 3. The Morgan fingerprint density at radius 3 is 2.32 bits per heavy atom. The highest BCUT2D eigenvalue weighted by Crippen LogP contribution is 2.25. The molecule has 0 aromatic heterocycles. The van der Waals surface area contributed by atoms with E-state index in [0.717, 1.165) is 32.1 Å². The number of hydrogen-bond donors (Lipinski definition) is 2. The molecule has 0 radical (unpaired) electrons. The third kappa shape index (κ3) is 8.75. The van der Waals surface area contributed by atoms with E-state index in [1.165, 1.54) is 0 Å². The Kier molecular flexibility index (Phi) is 9.13. The largest absolute Gasteiger partial charge is 0.480 e. The first-order chi connectivity index (χ1) is 14.5. The second kappa shape index (κ2) is 11.3. The van der Waals surface area contributed by atoms with E-state index in [4.69, 9.17) is 9.84 Å². The number of carboxylic acids is 1. The van der Waals surface area contributed by atoms with E-state index >= 15 is 0 Å². The topological polar surface area (TPSA) is 116 Å². The molecule has 0 saturated carbocycles. The molecule has 9 heteroatoms. The van der Waals surface area contributed by atoms with Crippen molar-refractivity contribution in [1.29, 1.82) is 0 Å². The highest BCUT2D eigenvalue weighted by atomic mass is 16.6. The van der Waals surface area contributed by atoms with Crippen molar-refractivity contribution in [2.75, 3.05) is 32.7 Å². The maximum atomic E-state index is 12.6. The van der Waals surface area contributed by atoms with Crippen LogP contribution in [0.2, 0.25) is 0 Å². The predicted molar refractivity (Wildman–Crippen MR) is 114 cm³/mol. The molecule has 1 atom stereocenters. The maximum Gasteiger partial charge on any atom is 0.410 e. The zero-order valence-electron chi connectivity index (χ0n) is 19.0. The van der Waals surface area contributed by atoms with Crippen LogP contribution >= 0.6 is 0 Å². The van der Waals surface area contributed by atoms with Gasteiger partial charge in [0, 0.05) is 32.6 Å². The molecule has 0 spiro atoms. The highest BCUT2D eigenvalue weighted by Gasteiger charge is 2.29. The lowest BCUT2D eigenvalue weighted by atomic mass is 9.91. The van der Waals surface area contributed by atoms with Crippen LogP contribution in [-0.2, 0) is 19.1 Å². The average molecular weight is 440 g/mol. The first-order valence-corrected chi connectivity index (χ1v) is 11.3. The molecule has 2 N–H and O–H groups in total. The normalized spacial score (nSPS) is 20.3. The standard InChI is InChI=1S/C22H37N3O6/c1-22(2,3)31-21(30)24-12-9-16(10-13-24)6-4-8-18(26)25-11-5-7-17(15-25)20(29)23-14-19(27)28/h16-17H,4-15H2,1-3H3,(H,23,29)(H,27,28). The van der Waals surface area contributed by atoms with Crippen LogP contribution < -0.4 is 5.32 Å². The summed E-state index contributed by atoms with van der Waals surface area (Å²) in [5, 5.41) is 11.1. The van der Waals surface area contributed by atoms with E-state index in [0.29, 0.717) is 44.9 Å². The molecular weight excluding hydrogens is 402 g/mol. The number of carbonyl (C=O) groups is 4. The van der Waals surface area contributed by atoms with Crippen LogP contribution in [0.3, 0.4) is 0 Å². The van der Waals surface area contributed by atoms with Gasteiger partial charge in [-0.05, 0) is 65.2 Å². The van der Waals surface area contributed by atoms with Crippen LogP contribution in [0.1, 0.15) is 65.7 Å². The number of rotatable bonds is 7. The molecule has 2 aliphatic rings. The molecule has 1 unspecified atom stereocenters. The van der Waals surface area contributed by atoms with Crippen LogP contribution in [0.15, 0.2) is 0 Å². The summed E-state index contributed by atoms with van der Waals surface area (Å²) >= 11 is 0. The van der Waals surface area contributed by atoms with Gasteiger partial charge in [0.25, 0.3) is 0 Å². The Morgan fingerprint density at radius 1 is 1.03 bits per heavy atom. The van der Waals surface area contributed by atoms with Gasteiger partial charge in [-0.25, -0.2) is 4.79 Å². The van der Waals surface area contributed by atoms with E-state index in [-0.39, 0.29) is 23.8 Å². The Hall–Kier alpha value is -2.32. The second-order valence-corrected chi connectivity index (χ2v) is 9.59. The van der Waals surface area contributed by atoms with Gasteiger partial charge in [-0.1, -0.05) is 0 Å². The van der Waals surface area contributed by atoms with Crippen LogP contribution in [0, 0.1) is 11.8 Å². The summed E-state index contributed by atoms with van der Waals surface area (Å²) in [4.78, 5) is 50.9. The first kappa shape index (κ1) is 24.9. The fraction of sp³-hybridized carbons (Fsp3) is 0.818. The van der Waals surface area contributed by atoms with Crippen LogP contribution in [0.4, 0.5) is 4.79 Å². The quantitative estimate of drug-likeness (QED) is 0.628. The number of carboxylic acid groups (broad SMARTS) is 1. The van der Waals surface area contributed by atoms with Crippen molar-refractivity contribution in [2.24, 2.45) is 11.8 Å². The fourth-order valence-electron chi connectivity index (χ4n) is 4.16. The smallest absolute Gasteiger partial charge is 0.410 e. The Balaban J connectivity index is 1.66. The molecule has 31 heavy (non-hydrogen) atoms. The van der Waals surface area contributed by atoms with Crippen LogP contribution in [0.5, 0.6) is 0 Å². The third-order valence-corrected chi connectivity index (χ3v) is 5.83. The molecule has 2 rings (SSSR count). The van der Waals surface area contributed by atoms with E-state index in [9.17, 15) is 19.2 Å². The van der Waals surface area contributed by atoms with Gasteiger partial charge in [0.1, 0.15) is 12.1 Å². The Bertz CT molecular complexity index is 652. The van der Waals surface area contributed by atoms with Gasteiger partial charge >= 0.3 is 12.1 Å². The van der Waals surface area contributed by atoms with Crippen molar-refractivity contribution in [2.45, 2.75) is 71.3 Å². The zero-order chi connectivity index (χ0) is 23.0. The predicted octanol–water partition coefficient (Wildman–Crippen LogP) is 2.24. The number of likely N-dealkylation sites (tertiary alicyclic amines) is 2. The van der Waals surface area contributed by atoms with Gasteiger partial charge in [0.05, 0.1) is 5.92 Å². The molecule has 2 heterocycles. The number of hydrogen-bond acceptors (Lipinski definition) is 5. The van der Waals surface area contributed by atoms with Crippen molar-refractivity contribution in [3.05, 3.63) is 0 Å². The van der Waals surface area contributed by atoms with Gasteiger partial charge in [-0.2, -0.15) is 0 Å². The monoisotopic (exact) mass is 439 g/mol. The van der Waals surface area contributed by atoms with Gasteiger partial charge in [0.15, 0.2) is 0 Å². The van der Waals surface area contributed by atoms with Crippen molar-refractivity contribution in [1.82, 2.24) is 15.1 Å². The molecular formula is C22H37N3O6. The summed E-state index contributed by atoms with van der Waals surface area (Å²) in [5.74, 6) is -1.15. The van der Waals surface area contributed by atoms with Crippen molar-refractivity contribution < 1.29 is 29.0 Å².